The minimum Gasteiger partial charge on any atom is -0.348 e. The zero-order valence-electron chi connectivity index (χ0n) is 15.7. The summed E-state index contributed by atoms with van der Waals surface area (Å²) >= 11 is 0. The van der Waals surface area contributed by atoms with Crippen molar-refractivity contribution in [2.24, 2.45) is 7.05 Å². The second-order valence-electron chi connectivity index (χ2n) is 6.49. The summed E-state index contributed by atoms with van der Waals surface area (Å²) in [5.41, 5.74) is 4.92. The molecule has 0 radical (unpaired) electrons. The molecule has 0 aliphatic carbocycles. The first kappa shape index (κ1) is 17.7. The highest BCUT2D eigenvalue weighted by atomic mass is 16.1. The van der Waals surface area contributed by atoms with Crippen molar-refractivity contribution in [3.8, 4) is 16.9 Å². The van der Waals surface area contributed by atoms with E-state index < -0.39 is 0 Å². The zero-order valence-corrected chi connectivity index (χ0v) is 15.7. The van der Waals surface area contributed by atoms with E-state index in [0.717, 1.165) is 28.2 Å². The minimum absolute atomic E-state index is 0.166. The third-order valence-corrected chi connectivity index (χ3v) is 4.56. The molecule has 0 saturated carbocycles. The van der Waals surface area contributed by atoms with Gasteiger partial charge in [0.25, 0.3) is 5.91 Å². The summed E-state index contributed by atoms with van der Waals surface area (Å²) in [4.78, 5) is 17.2. The van der Waals surface area contributed by atoms with Gasteiger partial charge in [-0.1, -0.05) is 24.3 Å². The number of hydrogen-bond acceptors (Lipinski definition) is 4. The summed E-state index contributed by atoms with van der Waals surface area (Å²) in [5, 5.41) is 11.5. The molecule has 1 N–H and O–H groups in total. The fourth-order valence-electron chi connectivity index (χ4n) is 3.12. The van der Waals surface area contributed by atoms with Crippen molar-refractivity contribution in [1.82, 2.24) is 29.9 Å². The molecule has 7 heteroatoms. The van der Waals surface area contributed by atoms with Crippen LogP contribution in [0.1, 0.15) is 21.6 Å². The highest BCUT2D eigenvalue weighted by Gasteiger charge is 2.16. The fourth-order valence-corrected chi connectivity index (χ4v) is 3.12. The van der Waals surface area contributed by atoms with Crippen LogP contribution in [0.15, 0.2) is 67.3 Å². The molecule has 0 spiro atoms. The minimum atomic E-state index is -0.166. The Balaban J connectivity index is 1.53. The molecule has 140 valence electrons. The number of para-hydroxylation sites is 1. The lowest BCUT2D eigenvalue weighted by molar-refractivity contribution is 0.0950. The van der Waals surface area contributed by atoms with Gasteiger partial charge >= 0.3 is 0 Å². The van der Waals surface area contributed by atoms with Gasteiger partial charge in [0, 0.05) is 31.5 Å². The van der Waals surface area contributed by atoms with E-state index in [1.54, 1.807) is 28.0 Å². The van der Waals surface area contributed by atoms with Crippen LogP contribution in [0.25, 0.3) is 16.9 Å². The van der Waals surface area contributed by atoms with Gasteiger partial charge in [-0.2, -0.15) is 10.2 Å². The first-order valence-electron chi connectivity index (χ1n) is 8.94. The number of aryl methyl sites for hydroxylation is 1. The Kier molecular flexibility index (Phi) is 4.72. The Morgan fingerprint density at radius 1 is 1.07 bits per heavy atom. The van der Waals surface area contributed by atoms with E-state index in [9.17, 15) is 4.79 Å². The third-order valence-electron chi connectivity index (χ3n) is 4.56. The van der Waals surface area contributed by atoms with Gasteiger partial charge in [-0.25, -0.2) is 4.68 Å². The summed E-state index contributed by atoms with van der Waals surface area (Å²) in [7, 11) is 1.86. The maximum absolute atomic E-state index is 12.7. The van der Waals surface area contributed by atoms with Crippen molar-refractivity contribution < 1.29 is 4.79 Å². The van der Waals surface area contributed by atoms with Crippen LogP contribution in [0.5, 0.6) is 0 Å². The van der Waals surface area contributed by atoms with Crippen molar-refractivity contribution in [3.63, 3.8) is 0 Å². The molecule has 4 rings (SSSR count). The van der Waals surface area contributed by atoms with E-state index in [0.29, 0.717) is 12.1 Å². The van der Waals surface area contributed by atoms with E-state index in [1.807, 2.05) is 62.6 Å². The number of carbonyl (C=O) groups is 1. The van der Waals surface area contributed by atoms with Crippen LogP contribution in [0, 0.1) is 6.92 Å². The Morgan fingerprint density at radius 3 is 2.64 bits per heavy atom. The average molecular weight is 372 g/mol. The molecule has 0 atom stereocenters. The number of benzene rings is 1. The lowest BCUT2D eigenvalue weighted by atomic mass is 10.1. The molecule has 4 aromatic rings. The lowest BCUT2D eigenvalue weighted by Gasteiger charge is -2.09. The predicted octanol–water partition coefficient (Wildman–Crippen LogP) is 2.91. The van der Waals surface area contributed by atoms with E-state index >= 15 is 0 Å². The SMILES string of the molecule is Cc1c(C(=O)NCc2cccnc2-c2cnn(C)c2)cnn1-c1ccccc1. The maximum atomic E-state index is 12.7. The molecule has 1 amide bonds. The molecule has 0 aliphatic heterocycles. The quantitative estimate of drug-likeness (QED) is 0.584. The van der Waals surface area contributed by atoms with Gasteiger partial charge in [-0.3, -0.25) is 14.5 Å². The van der Waals surface area contributed by atoms with Gasteiger partial charge < -0.3 is 5.32 Å². The van der Waals surface area contributed by atoms with E-state index in [1.165, 1.54) is 0 Å². The molecule has 0 saturated heterocycles. The summed E-state index contributed by atoms with van der Waals surface area (Å²) in [6.45, 7) is 2.26. The zero-order chi connectivity index (χ0) is 19.5. The molecule has 0 unspecified atom stereocenters. The second-order valence-corrected chi connectivity index (χ2v) is 6.49. The number of amides is 1. The summed E-state index contributed by atoms with van der Waals surface area (Å²) in [6, 6.07) is 13.6. The van der Waals surface area contributed by atoms with Gasteiger partial charge in [0.05, 0.1) is 35.0 Å². The molecule has 28 heavy (non-hydrogen) atoms. The van der Waals surface area contributed by atoms with E-state index in [-0.39, 0.29) is 5.91 Å². The highest BCUT2D eigenvalue weighted by molar-refractivity contribution is 5.95. The first-order valence-corrected chi connectivity index (χ1v) is 8.94. The first-order chi connectivity index (χ1) is 13.6. The van der Waals surface area contributed by atoms with Crippen molar-refractivity contribution >= 4 is 5.91 Å². The van der Waals surface area contributed by atoms with Crippen molar-refractivity contribution in [2.45, 2.75) is 13.5 Å². The smallest absolute Gasteiger partial charge is 0.255 e. The number of carbonyl (C=O) groups excluding carboxylic acids is 1. The lowest BCUT2D eigenvalue weighted by Crippen LogP contribution is -2.23. The molecular weight excluding hydrogens is 352 g/mol. The second kappa shape index (κ2) is 7.48. The van der Waals surface area contributed by atoms with Crippen LogP contribution >= 0.6 is 0 Å². The van der Waals surface area contributed by atoms with Gasteiger partial charge in [0.2, 0.25) is 0 Å². The maximum Gasteiger partial charge on any atom is 0.255 e. The van der Waals surface area contributed by atoms with Crippen molar-refractivity contribution in [1.29, 1.82) is 0 Å². The number of aromatic nitrogens is 5. The molecule has 0 bridgehead atoms. The van der Waals surface area contributed by atoms with Crippen LogP contribution in [0.2, 0.25) is 0 Å². The number of nitrogens with zero attached hydrogens (tertiary/aromatic N) is 5. The molecular formula is C21H20N6O. The highest BCUT2D eigenvalue weighted by Crippen LogP contribution is 2.20. The summed E-state index contributed by atoms with van der Waals surface area (Å²) in [5.74, 6) is -0.166. The Morgan fingerprint density at radius 2 is 1.89 bits per heavy atom. The van der Waals surface area contributed by atoms with Gasteiger partial charge in [0.15, 0.2) is 0 Å². The number of pyridine rings is 1. The Bertz CT molecular complexity index is 1110. The fraction of sp³-hybridized carbons (Fsp3) is 0.143. The predicted molar refractivity (Wildman–Crippen MR) is 106 cm³/mol. The van der Waals surface area contributed by atoms with Crippen LogP contribution in [-0.4, -0.2) is 30.5 Å². The van der Waals surface area contributed by atoms with Crippen molar-refractivity contribution in [3.05, 3.63) is 84.1 Å². The third kappa shape index (κ3) is 3.42. The molecule has 7 nitrogen and oxygen atoms in total. The normalized spacial score (nSPS) is 10.8. The Hall–Kier alpha value is -3.74. The molecule has 0 fully saturated rings. The van der Waals surface area contributed by atoms with E-state index in [4.69, 9.17) is 0 Å². The molecule has 3 aromatic heterocycles. The largest absolute Gasteiger partial charge is 0.348 e. The topological polar surface area (TPSA) is 77.6 Å². The van der Waals surface area contributed by atoms with Crippen molar-refractivity contribution in [2.75, 3.05) is 0 Å². The molecule has 3 heterocycles. The summed E-state index contributed by atoms with van der Waals surface area (Å²) < 4.78 is 3.49. The van der Waals surface area contributed by atoms with Gasteiger partial charge in [-0.15, -0.1) is 0 Å². The molecule has 0 aliphatic rings. The van der Waals surface area contributed by atoms with E-state index in [2.05, 4.69) is 20.5 Å². The number of nitrogens with one attached hydrogen (secondary N) is 1. The van der Waals surface area contributed by atoms with Gasteiger partial charge in [-0.05, 0) is 30.7 Å². The van der Waals surface area contributed by atoms with Crippen LogP contribution in [-0.2, 0) is 13.6 Å². The Labute approximate surface area is 162 Å². The average Bonchev–Trinajstić information content (AvgIpc) is 3.33. The standard InChI is InChI=1S/C21H20N6O/c1-15-19(13-25-27(15)18-8-4-3-5-9-18)21(28)23-11-16-7-6-10-22-20(16)17-12-24-26(2)14-17/h3-10,12-14H,11H2,1-2H3,(H,23,28). The van der Waals surface area contributed by atoms with Gasteiger partial charge in [0.1, 0.15) is 0 Å². The number of rotatable bonds is 5. The van der Waals surface area contributed by atoms with Crippen LogP contribution in [0.4, 0.5) is 0 Å². The molecule has 1 aromatic carbocycles. The number of hydrogen-bond donors (Lipinski definition) is 1. The van der Waals surface area contributed by atoms with Crippen LogP contribution in [0.3, 0.4) is 0 Å². The van der Waals surface area contributed by atoms with Crippen LogP contribution < -0.4 is 5.32 Å². The monoisotopic (exact) mass is 372 g/mol. The summed E-state index contributed by atoms with van der Waals surface area (Å²) in [6.07, 6.45) is 7.01.